The van der Waals surface area contributed by atoms with Crippen LogP contribution in [0, 0.1) is 5.92 Å². The molecule has 2 aromatic carbocycles. The van der Waals surface area contributed by atoms with Gasteiger partial charge in [0.2, 0.25) is 0 Å². The van der Waals surface area contributed by atoms with E-state index in [1.165, 1.54) is 6.26 Å². The van der Waals surface area contributed by atoms with Crippen molar-refractivity contribution in [3.63, 3.8) is 0 Å². The van der Waals surface area contributed by atoms with Gasteiger partial charge in [0, 0.05) is 16.9 Å². The van der Waals surface area contributed by atoms with Crippen LogP contribution >= 0.6 is 12.2 Å². The summed E-state index contributed by atoms with van der Waals surface area (Å²) < 4.78 is 10.7. The number of hydrogen-bond donors (Lipinski definition) is 3. The first-order chi connectivity index (χ1) is 14.9. The molecule has 3 N–H and O–H groups in total. The second-order valence-corrected chi connectivity index (χ2v) is 7.56. The molecule has 0 bridgehead atoms. The summed E-state index contributed by atoms with van der Waals surface area (Å²) in [5.41, 5.74) is 1.62. The summed E-state index contributed by atoms with van der Waals surface area (Å²) in [5.74, 6) is 0.638. The van der Waals surface area contributed by atoms with Crippen LogP contribution in [0.5, 0.6) is 5.75 Å². The number of furan rings is 1. The molecule has 2 amide bonds. The van der Waals surface area contributed by atoms with Crippen molar-refractivity contribution in [1.82, 2.24) is 5.32 Å². The highest BCUT2D eigenvalue weighted by molar-refractivity contribution is 7.80. The molecule has 160 valence electrons. The van der Waals surface area contributed by atoms with Gasteiger partial charge in [-0.15, -0.1) is 0 Å². The van der Waals surface area contributed by atoms with Crippen molar-refractivity contribution in [2.45, 2.75) is 13.8 Å². The Morgan fingerprint density at radius 3 is 2.32 bits per heavy atom. The standard InChI is InChI=1S/C23H23N3O4S/c1-15(2)14-30-19-10-8-16(9-11-19)21(27)26-23(31)25-18-6-3-5-17(13-18)24-22(28)20-7-4-12-29-20/h3-13,15H,14H2,1-2H3,(H,24,28)(H2,25,26,27,31). The fourth-order valence-electron chi connectivity index (χ4n) is 2.58. The molecule has 0 spiro atoms. The van der Waals surface area contributed by atoms with E-state index in [1.54, 1.807) is 60.7 Å². The van der Waals surface area contributed by atoms with Crippen LogP contribution < -0.4 is 20.7 Å². The molecule has 31 heavy (non-hydrogen) atoms. The van der Waals surface area contributed by atoms with Crippen LogP contribution in [-0.2, 0) is 0 Å². The first-order valence-corrected chi connectivity index (χ1v) is 10.1. The highest BCUT2D eigenvalue weighted by atomic mass is 32.1. The first kappa shape index (κ1) is 22.0. The lowest BCUT2D eigenvalue weighted by Gasteiger charge is -2.12. The fraction of sp³-hybridized carbons (Fsp3) is 0.174. The Morgan fingerprint density at radius 2 is 1.68 bits per heavy atom. The number of benzene rings is 2. The predicted molar refractivity (Wildman–Crippen MR) is 124 cm³/mol. The second kappa shape index (κ2) is 10.4. The summed E-state index contributed by atoms with van der Waals surface area (Å²) in [5, 5.41) is 8.44. The third kappa shape index (κ3) is 6.68. The van der Waals surface area contributed by atoms with E-state index in [4.69, 9.17) is 21.4 Å². The van der Waals surface area contributed by atoms with Crippen molar-refractivity contribution in [3.8, 4) is 5.75 Å². The molecule has 0 aliphatic carbocycles. The molecule has 7 nitrogen and oxygen atoms in total. The molecule has 0 fully saturated rings. The van der Waals surface area contributed by atoms with E-state index in [0.29, 0.717) is 35.2 Å². The summed E-state index contributed by atoms with van der Waals surface area (Å²) in [6.45, 7) is 4.75. The number of ether oxygens (including phenoxy) is 1. The molecule has 1 heterocycles. The van der Waals surface area contributed by atoms with Crippen LogP contribution in [0.2, 0.25) is 0 Å². The fourth-order valence-corrected chi connectivity index (χ4v) is 2.79. The minimum absolute atomic E-state index is 0.139. The maximum atomic E-state index is 12.4. The van der Waals surface area contributed by atoms with Crippen molar-refractivity contribution in [3.05, 3.63) is 78.3 Å². The number of amides is 2. The maximum absolute atomic E-state index is 12.4. The maximum Gasteiger partial charge on any atom is 0.291 e. The molecule has 0 saturated carbocycles. The quantitative estimate of drug-likeness (QED) is 0.464. The summed E-state index contributed by atoms with van der Waals surface area (Å²) >= 11 is 5.23. The molecule has 3 rings (SSSR count). The predicted octanol–water partition coefficient (Wildman–Crippen LogP) is 4.69. The number of carbonyl (C=O) groups is 2. The normalized spacial score (nSPS) is 10.4. The highest BCUT2D eigenvalue weighted by Crippen LogP contribution is 2.17. The minimum atomic E-state index is -0.362. The third-order valence-corrected chi connectivity index (χ3v) is 4.25. The highest BCUT2D eigenvalue weighted by Gasteiger charge is 2.11. The number of carbonyl (C=O) groups excluding carboxylic acids is 2. The number of hydrogen-bond acceptors (Lipinski definition) is 5. The molecule has 0 saturated heterocycles. The topological polar surface area (TPSA) is 92.6 Å². The van der Waals surface area contributed by atoms with Gasteiger partial charge in [0.25, 0.3) is 11.8 Å². The van der Waals surface area contributed by atoms with Crippen LogP contribution in [-0.4, -0.2) is 23.5 Å². The molecule has 3 aromatic rings. The molecule has 0 unspecified atom stereocenters. The van der Waals surface area contributed by atoms with Crippen molar-refractivity contribution in [2.24, 2.45) is 5.92 Å². The molecule has 8 heteroatoms. The van der Waals surface area contributed by atoms with E-state index in [1.807, 2.05) is 0 Å². The Bertz CT molecular complexity index is 1050. The van der Waals surface area contributed by atoms with Gasteiger partial charge in [-0.25, -0.2) is 0 Å². The third-order valence-electron chi connectivity index (χ3n) is 4.05. The minimum Gasteiger partial charge on any atom is -0.493 e. The van der Waals surface area contributed by atoms with E-state index in [-0.39, 0.29) is 22.7 Å². The lowest BCUT2D eigenvalue weighted by Crippen LogP contribution is -2.34. The monoisotopic (exact) mass is 437 g/mol. The smallest absolute Gasteiger partial charge is 0.291 e. The van der Waals surface area contributed by atoms with Gasteiger partial charge in [-0.05, 0) is 72.7 Å². The lowest BCUT2D eigenvalue weighted by molar-refractivity contribution is 0.0975. The molecule has 1 aromatic heterocycles. The molecule has 0 aliphatic rings. The van der Waals surface area contributed by atoms with Gasteiger partial charge < -0.3 is 19.8 Å². The van der Waals surface area contributed by atoms with Gasteiger partial charge in [0.1, 0.15) is 5.75 Å². The van der Waals surface area contributed by atoms with Crippen molar-refractivity contribution >= 4 is 40.5 Å². The molecule has 0 atom stereocenters. The average Bonchev–Trinajstić information content (AvgIpc) is 3.28. The van der Waals surface area contributed by atoms with E-state index < -0.39 is 0 Å². The van der Waals surface area contributed by atoms with Crippen molar-refractivity contribution in [2.75, 3.05) is 17.2 Å². The second-order valence-electron chi connectivity index (χ2n) is 7.15. The van der Waals surface area contributed by atoms with Crippen LogP contribution in [0.25, 0.3) is 0 Å². The number of rotatable bonds is 7. The Hall–Kier alpha value is -3.65. The van der Waals surface area contributed by atoms with Crippen LogP contribution in [0.4, 0.5) is 11.4 Å². The van der Waals surface area contributed by atoms with E-state index in [0.717, 1.165) is 0 Å². The summed E-state index contributed by atoms with van der Waals surface area (Å²) in [6.07, 6.45) is 1.43. The molecule has 0 aliphatic heterocycles. The van der Waals surface area contributed by atoms with Crippen LogP contribution in [0.1, 0.15) is 34.8 Å². The summed E-state index contributed by atoms with van der Waals surface area (Å²) in [7, 11) is 0. The van der Waals surface area contributed by atoms with E-state index in [2.05, 4.69) is 29.8 Å². The van der Waals surface area contributed by atoms with Gasteiger partial charge in [-0.3, -0.25) is 14.9 Å². The van der Waals surface area contributed by atoms with E-state index in [9.17, 15) is 9.59 Å². The van der Waals surface area contributed by atoms with Gasteiger partial charge in [-0.1, -0.05) is 19.9 Å². The zero-order chi connectivity index (χ0) is 22.2. The summed E-state index contributed by atoms with van der Waals surface area (Å²) in [6, 6.07) is 17.0. The van der Waals surface area contributed by atoms with Gasteiger partial charge in [0.15, 0.2) is 10.9 Å². The Balaban J connectivity index is 1.54. The van der Waals surface area contributed by atoms with Crippen molar-refractivity contribution in [1.29, 1.82) is 0 Å². The van der Waals surface area contributed by atoms with Gasteiger partial charge in [-0.2, -0.15) is 0 Å². The average molecular weight is 438 g/mol. The molecule has 0 radical (unpaired) electrons. The van der Waals surface area contributed by atoms with Crippen LogP contribution in [0.15, 0.2) is 71.3 Å². The Morgan fingerprint density at radius 1 is 0.968 bits per heavy atom. The number of nitrogens with one attached hydrogen (secondary N) is 3. The van der Waals surface area contributed by atoms with Crippen molar-refractivity contribution < 1.29 is 18.7 Å². The zero-order valence-electron chi connectivity index (χ0n) is 17.2. The largest absolute Gasteiger partial charge is 0.493 e. The summed E-state index contributed by atoms with van der Waals surface area (Å²) in [4.78, 5) is 24.5. The molecular formula is C23H23N3O4S. The SMILES string of the molecule is CC(C)COc1ccc(C(=O)NC(=S)Nc2cccc(NC(=O)c3ccco3)c2)cc1. The lowest BCUT2D eigenvalue weighted by atomic mass is 10.2. The Labute approximate surface area is 185 Å². The Kier molecular flexibility index (Phi) is 7.40. The van der Waals surface area contributed by atoms with Gasteiger partial charge >= 0.3 is 0 Å². The first-order valence-electron chi connectivity index (χ1n) is 9.71. The van der Waals surface area contributed by atoms with Crippen LogP contribution in [0.3, 0.4) is 0 Å². The van der Waals surface area contributed by atoms with E-state index >= 15 is 0 Å². The molecular weight excluding hydrogens is 414 g/mol. The number of anilines is 2. The number of thiocarbonyl (C=S) groups is 1. The zero-order valence-corrected chi connectivity index (χ0v) is 18.0. The van der Waals surface area contributed by atoms with Gasteiger partial charge in [0.05, 0.1) is 12.9 Å².